The molecule has 0 radical (unpaired) electrons. The van der Waals surface area contributed by atoms with Crippen molar-refractivity contribution in [2.75, 3.05) is 6.54 Å². The summed E-state index contributed by atoms with van der Waals surface area (Å²) in [5.74, 6) is -0.172. The van der Waals surface area contributed by atoms with Gasteiger partial charge in [0.15, 0.2) is 0 Å². The minimum Gasteiger partial charge on any atom is -0.348 e. The standard InChI is InChI=1S/C12H14N4O/c1-8(7-13)16-12(17)9-3-2-4-10-11(9)15-6-5-14-10/h2-6,8H,7,13H2,1H3,(H,16,17)/t8-/m1/s1. The molecule has 0 bridgehead atoms. The molecule has 5 heteroatoms. The van der Waals surface area contributed by atoms with E-state index in [0.29, 0.717) is 23.1 Å². The highest BCUT2D eigenvalue weighted by molar-refractivity contribution is 6.04. The van der Waals surface area contributed by atoms with Gasteiger partial charge in [-0.25, -0.2) is 0 Å². The van der Waals surface area contributed by atoms with Gasteiger partial charge >= 0.3 is 0 Å². The molecule has 88 valence electrons. The van der Waals surface area contributed by atoms with E-state index in [4.69, 9.17) is 5.73 Å². The number of amides is 1. The lowest BCUT2D eigenvalue weighted by molar-refractivity contribution is 0.0943. The number of aromatic nitrogens is 2. The quantitative estimate of drug-likeness (QED) is 0.813. The highest BCUT2D eigenvalue weighted by Crippen LogP contribution is 2.13. The SMILES string of the molecule is C[C@H](CN)NC(=O)c1cccc2nccnc12. The summed E-state index contributed by atoms with van der Waals surface area (Å²) in [6, 6.07) is 5.29. The Labute approximate surface area is 99.1 Å². The lowest BCUT2D eigenvalue weighted by Crippen LogP contribution is -2.37. The molecule has 1 aromatic carbocycles. The molecular weight excluding hydrogens is 216 g/mol. The van der Waals surface area contributed by atoms with Crippen LogP contribution in [0.5, 0.6) is 0 Å². The largest absolute Gasteiger partial charge is 0.348 e. The molecule has 0 saturated carbocycles. The zero-order valence-corrected chi connectivity index (χ0v) is 9.55. The fraction of sp³-hybridized carbons (Fsp3) is 0.250. The molecule has 17 heavy (non-hydrogen) atoms. The Hall–Kier alpha value is -2.01. The van der Waals surface area contributed by atoms with Crippen molar-refractivity contribution in [3.8, 4) is 0 Å². The molecule has 3 N–H and O–H groups in total. The second kappa shape index (κ2) is 4.88. The van der Waals surface area contributed by atoms with E-state index in [-0.39, 0.29) is 11.9 Å². The second-order valence-corrected chi connectivity index (χ2v) is 3.84. The maximum Gasteiger partial charge on any atom is 0.253 e. The van der Waals surface area contributed by atoms with E-state index in [9.17, 15) is 4.79 Å². The number of carbonyl (C=O) groups excluding carboxylic acids is 1. The van der Waals surface area contributed by atoms with Gasteiger partial charge in [0.05, 0.1) is 11.1 Å². The topological polar surface area (TPSA) is 80.9 Å². The Bertz CT molecular complexity index is 536. The first kappa shape index (κ1) is 11.5. The van der Waals surface area contributed by atoms with E-state index in [1.165, 1.54) is 0 Å². The average Bonchev–Trinajstić information content (AvgIpc) is 2.37. The van der Waals surface area contributed by atoms with Crippen molar-refractivity contribution in [1.29, 1.82) is 0 Å². The second-order valence-electron chi connectivity index (χ2n) is 3.84. The van der Waals surface area contributed by atoms with Crippen LogP contribution < -0.4 is 11.1 Å². The third-order valence-corrected chi connectivity index (χ3v) is 2.47. The van der Waals surface area contributed by atoms with E-state index < -0.39 is 0 Å². The zero-order chi connectivity index (χ0) is 12.3. The minimum absolute atomic E-state index is 0.0607. The van der Waals surface area contributed by atoms with Crippen LogP contribution in [-0.4, -0.2) is 28.5 Å². The van der Waals surface area contributed by atoms with Gasteiger partial charge in [-0.1, -0.05) is 6.07 Å². The number of fused-ring (bicyclic) bond motifs is 1. The van der Waals surface area contributed by atoms with Crippen LogP contribution in [-0.2, 0) is 0 Å². The molecule has 0 aliphatic heterocycles. The number of carbonyl (C=O) groups is 1. The number of para-hydroxylation sites is 1. The maximum atomic E-state index is 12.0. The Morgan fingerprint density at radius 1 is 1.41 bits per heavy atom. The van der Waals surface area contributed by atoms with Crippen LogP contribution in [0.1, 0.15) is 17.3 Å². The summed E-state index contributed by atoms with van der Waals surface area (Å²) in [5.41, 5.74) is 7.31. The van der Waals surface area contributed by atoms with Gasteiger partial charge in [-0.05, 0) is 19.1 Å². The summed E-state index contributed by atoms with van der Waals surface area (Å²) in [5, 5.41) is 2.81. The first-order valence-electron chi connectivity index (χ1n) is 5.43. The van der Waals surface area contributed by atoms with Crippen molar-refractivity contribution in [2.24, 2.45) is 5.73 Å². The molecule has 5 nitrogen and oxygen atoms in total. The summed E-state index contributed by atoms with van der Waals surface area (Å²) in [7, 11) is 0. The fourth-order valence-electron chi connectivity index (χ4n) is 1.54. The van der Waals surface area contributed by atoms with Crippen LogP contribution in [0.25, 0.3) is 11.0 Å². The number of rotatable bonds is 3. The van der Waals surface area contributed by atoms with Crippen LogP contribution in [0, 0.1) is 0 Å². The van der Waals surface area contributed by atoms with Crippen molar-refractivity contribution < 1.29 is 4.79 Å². The molecule has 1 aromatic heterocycles. The van der Waals surface area contributed by atoms with Crippen molar-refractivity contribution in [3.05, 3.63) is 36.2 Å². The van der Waals surface area contributed by atoms with E-state index in [2.05, 4.69) is 15.3 Å². The molecule has 2 aromatic rings. The normalized spacial score (nSPS) is 12.4. The van der Waals surface area contributed by atoms with Gasteiger partial charge in [-0.15, -0.1) is 0 Å². The minimum atomic E-state index is -0.172. The van der Waals surface area contributed by atoms with Crippen LogP contribution in [0.15, 0.2) is 30.6 Å². The van der Waals surface area contributed by atoms with Gasteiger partial charge in [0.1, 0.15) is 5.52 Å². The number of benzene rings is 1. The van der Waals surface area contributed by atoms with E-state index >= 15 is 0 Å². The summed E-state index contributed by atoms with van der Waals surface area (Å²) >= 11 is 0. The predicted octanol–water partition coefficient (Wildman–Crippen LogP) is 0.707. The molecule has 0 unspecified atom stereocenters. The number of nitrogens with two attached hydrogens (primary N) is 1. The smallest absolute Gasteiger partial charge is 0.253 e. The van der Waals surface area contributed by atoms with Crippen molar-refractivity contribution >= 4 is 16.9 Å². The lowest BCUT2D eigenvalue weighted by atomic mass is 10.1. The number of nitrogens with zero attached hydrogens (tertiary/aromatic N) is 2. The maximum absolute atomic E-state index is 12.0. The van der Waals surface area contributed by atoms with Gasteiger partial charge in [0.2, 0.25) is 0 Å². The predicted molar refractivity (Wildman–Crippen MR) is 65.5 cm³/mol. The Kier molecular flexibility index (Phi) is 3.30. The first-order chi connectivity index (χ1) is 8.22. The van der Waals surface area contributed by atoms with Gasteiger partial charge in [-0.2, -0.15) is 0 Å². The van der Waals surface area contributed by atoms with Crippen LogP contribution in [0.3, 0.4) is 0 Å². The highest BCUT2D eigenvalue weighted by atomic mass is 16.1. The summed E-state index contributed by atoms with van der Waals surface area (Å²) < 4.78 is 0. The van der Waals surface area contributed by atoms with Crippen LogP contribution in [0.2, 0.25) is 0 Å². The molecule has 0 saturated heterocycles. The zero-order valence-electron chi connectivity index (χ0n) is 9.55. The van der Waals surface area contributed by atoms with Gasteiger partial charge in [0.25, 0.3) is 5.91 Å². The summed E-state index contributed by atoms with van der Waals surface area (Å²) in [6.45, 7) is 2.26. The number of nitrogens with one attached hydrogen (secondary N) is 1. The number of hydrogen-bond donors (Lipinski definition) is 2. The van der Waals surface area contributed by atoms with E-state index in [1.807, 2.05) is 13.0 Å². The lowest BCUT2D eigenvalue weighted by Gasteiger charge is -2.11. The molecule has 1 heterocycles. The third kappa shape index (κ3) is 2.39. The first-order valence-corrected chi connectivity index (χ1v) is 5.43. The molecular formula is C12H14N4O. The molecule has 0 spiro atoms. The monoisotopic (exact) mass is 230 g/mol. The molecule has 0 fully saturated rings. The van der Waals surface area contributed by atoms with E-state index in [0.717, 1.165) is 0 Å². The molecule has 0 aliphatic carbocycles. The van der Waals surface area contributed by atoms with Crippen LogP contribution in [0.4, 0.5) is 0 Å². The van der Waals surface area contributed by atoms with Gasteiger partial charge in [-0.3, -0.25) is 14.8 Å². The average molecular weight is 230 g/mol. The van der Waals surface area contributed by atoms with Crippen molar-refractivity contribution in [1.82, 2.24) is 15.3 Å². The van der Waals surface area contributed by atoms with Crippen molar-refractivity contribution in [2.45, 2.75) is 13.0 Å². The fourth-order valence-corrected chi connectivity index (χ4v) is 1.54. The molecule has 2 rings (SSSR count). The summed E-state index contributed by atoms with van der Waals surface area (Å²) in [6.07, 6.45) is 3.18. The Morgan fingerprint density at radius 2 is 2.18 bits per heavy atom. The van der Waals surface area contributed by atoms with Gasteiger partial charge in [0, 0.05) is 25.0 Å². The van der Waals surface area contributed by atoms with Gasteiger partial charge < -0.3 is 11.1 Å². The third-order valence-electron chi connectivity index (χ3n) is 2.47. The molecule has 1 amide bonds. The van der Waals surface area contributed by atoms with Crippen molar-refractivity contribution in [3.63, 3.8) is 0 Å². The van der Waals surface area contributed by atoms with E-state index in [1.54, 1.807) is 24.5 Å². The highest BCUT2D eigenvalue weighted by Gasteiger charge is 2.12. The summed E-state index contributed by atoms with van der Waals surface area (Å²) in [4.78, 5) is 20.3. The van der Waals surface area contributed by atoms with Crippen LogP contribution >= 0.6 is 0 Å². The molecule has 1 atom stereocenters. The Balaban J connectivity index is 2.38. The molecule has 0 aliphatic rings. The number of hydrogen-bond acceptors (Lipinski definition) is 4. The Morgan fingerprint density at radius 3 is 2.94 bits per heavy atom.